The van der Waals surface area contributed by atoms with Crippen LogP contribution in [0.4, 0.5) is 0 Å². The third-order valence-electron chi connectivity index (χ3n) is 3.13. The van der Waals surface area contributed by atoms with Gasteiger partial charge in [0.2, 0.25) is 0 Å². The fourth-order valence-corrected chi connectivity index (χ4v) is 2.12. The van der Waals surface area contributed by atoms with Gasteiger partial charge in [-0.1, -0.05) is 30.2 Å². The number of rotatable bonds is 3. The Morgan fingerprint density at radius 1 is 1.14 bits per heavy atom. The number of fused-ring (bicyclic) bond motifs is 1. The number of para-hydroxylation sites is 1. The maximum atomic E-state index is 11.4. The zero-order chi connectivity index (χ0) is 14.7. The fraction of sp³-hybridized carbons (Fsp3) is 0. The van der Waals surface area contributed by atoms with Crippen molar-refractivity contribution in [1.82, 2.24) is 4.98 Å². The largest absolute Gasteiger partial charge is 0.455 e. The van der Waals surface area contributed by atoms with Gasteiger partial charge in [-0.2, -0.15) is 0 Å². The molecule has 2 aromatic carbocycles. The molecule has 0 fully saturated rings. The lowest BCUT2D eigenvalue weighted by Gasteiger charge is -2.10. The average Bonchev–Trinajstić information content (AvgIpc) is 2.55. The summed E-state index contributed by atoms with van der Waals surface area (Å²) >= 11 is 0. The van der Waals surface area contributed by atoms with Gasteiger partial charge in [0.05, 0.1) is 17.3 Å². The first-order valence-electron chi connectivity index (χ1n) is 6.39. The van der Waals surface area contributed by atoms with Crippen molar-refractivity contribution in [2.75, 3.05) is 0 Å². The molecule has 3 heteroatoms. The first-order chi connectivity index (χ1) is 10.3. The van der Waals surface area contributed by atoms with E-state index in [2.05, 4.69) is 10.9 Å². The van der Waals surface area contributed by atoms with Gasteiger partial charge in [0.15, 0.2) is 12.0 Å². The van der Waals surface area contributed by atoms with Crippen LogP contribution >= 0.6 is 0 Å². The number of ether oxygens (including phenoxy) is 1. The Morgan fingerprint density at radius 3 is 2.81 bits per heavy atom. The smallest absolute Gasteiger partial charge is 0.156 e. The van der Waals surface area contributed by atoms with Crippen molar-refractivity contribution < 1.29 is 9.53 Å². The molecule has 1 aromatic heterocycles. The number of pyridine rings is 1. The third kappa shape index (κ3) is 2.47. The standard InChI is InChI=1S/C18H11NO2/c1-2-13-6-5-7-14(10-13)21-18-11-19-17-9-4-3-8-15(17)16(18)12-20/h1,3-12H. The molecule has 0 spiro atoms. The topological polar surface area (TPSA) is 39.2 Å². The molecule has 3 aromatic rings. The number of hydrogen-bond donors (Lipinski definition) is 0. The van der Waals surface area contributed by atoms with Crippen molar-refractivity contribution in [3.63, 3.8) is 0 Å². The van der Waals surface area contributed by atoms with E-state index in [0.717, 1.165) is 17.2 Å². The van der Waals surface area contributed by atoms with E-state index >= 15 is 0 Å². The minimum absolute atomic E-state index is 0.415. The van der Waals surface area contributed by atoms with E-state index in [-0.39, 0.29) is 0 Å². The molecule has 3 rings (SSSR count). The number of benzene rings is 2. The molecule has 0 aliphatic heterocycles. The second-order valence-electron chi connectivity index (χ2n) is 4.45. The predicted octanol–water partition coefficient (Wildman–Crippen LogP) is 3.82. The Hall–Kier alpha value is -3.12. The molecule has 0 saturated carbocycles. The van der Waals surface area contributed by atoms with Crippen LogP contribution in [0.5, 0.6) is 11.5 Å². The summed E-state index contributed by atoms with van der Waals surface area (Å²) in [4.78, 5) is 15.7. The summed E-state index contributed by atoms with van der Waals surface area (Å²) in [5.41, 5.74) is 1.95. The number of aromatic nitrogens is 1. The highest BCUT2D eigenvalue weighted by Gasteiger charge is 2.10. The van der Waals surface area contributed by atoms with Crippen LogP contribution in [0.3, 0.4) is 0 Å². The third-order valence-corrected chi connectivity index (χ3v) is 3.13. The number of carbonyl (C=O) groups excluding carboxylic acids is 1. The van der Waals surface area contributed by atoms with Crippen molar-refractivity contribution in [3.8, 4) is 23.8 Å². The molecule has 0 radical (unpaired) electrons. The minimum atomic E-state index is 0.415. The Bertz CT molecular complexity index is 862. The van der Waals surface area contributed by atoms with Crippen LogP contribution in [0.1, 0.15) is 15.9 Å². The van der Waals surface area contributed by atoms with Crippen LogP contribution in [0.25, 0.3) is 10.9 Å². The van der Waals surface area contributed by atoms with Crippen LogP contribution in [0.2, 0.25) is 0 Å². The van der Waals surface area contributed by atoms with Gasteiger partial charge in [0.1, 0.15) is 5.75 Å². The fourth-order valence-electron chi connectivity index (χ4n) is 2.12. The molecule has 0 unspecified atom stereocenters. The summed E-state index contributed by atoms with van der Waals surface area (Å²) in [7, 11) is 0. The second-order valence-corrected chi connectivity index (χ2v) is 4.45. The number of aldehydes is 1. The van der Waals surface area contributed by atoms with E-state index < -0.39 is 0 Å². The number of terminal acetylenes is 1. The van der Waals surface area contributed by atoms with Crippen LogP contribution in [0.15, 0.2) is 54.7 Å². The Morgan fingerprint density at radius 2 is 2.00 bits per heavy atom. The normalized spacial score (nSPS) is 10.0. The summed E-state index contributed by atoms with van der Waals surface area (Å²) in [5.74, 6) is 3.54. The van der Waals surface area contributed by atoms with Crippen molar-refractivity contribution in [1.29, 1.82) is 0 Å². The summed E-state index contributed by atoms with van der Waals surface area (Å²) in [5, 5.41) is 0.762. The Kier molecular flexibility index (Phi) is 3.36. The zero-order valence-electron chi connectivity index (χ0n) is 11.1. The lowest BCUT2D eigenvalue weighted by Crippen LogP contribution is -1.94. The highest BCUT2D eigenvalue weighted by molar-refractivity contribution is 5.98. The van der Waals surface area contributed by atoms with Crippen LogP contribution < -0.4 is 4.74 Å². The van der Waals surface area contributed by atoms with Crippen LogP contribution in [0, 0.1) is 12.3 Å². The molecule has 1 heterocycles. The summed E-state index contributed by atoms with van der Waals surface area (Å²) in [6.45, 7) is 0. The highest BCUT2D eigenvalue weighted by atomic mass is 16.5. The van der Waals surface area contributed by atoms with Crippen molar-refractivity contribution >= 4 is 17.2 Å². The summed E-state index contributed by atoms with van der Waals surface area (Å²) in [6, 6.07) is 14.6. The van der Waals surface area contributed by atoms with Gasteiger partial charge in [0.25, 0.3) is 0 Å². The van der Waals surface area contributed by atoms with Gasteiger partial charge in [-0.15, -0.1) is 6.42 Å². The first-order valence-corrected chi connectivity index (χ1v) is 6.39. The maximum Gasteiger partial charge on any atom is 0.156 e. The van der Waals surface area contributed by atoms with E-state index in [1.807, 2.05) is 30.3 Å². The lowest BCUT2D eigenvalue weighted by molar-refractivity contribution is 0.112. The average molecular weight is 273 g/mol. The Labute approximate surface area is 122 Å². The first kappa shape index (κ1) is 12.9. The van der Waals surface area contributed by atoms with Crippen molar-refractivity contribution in [2.24, 2.45) is 0 Å². The summed E-state index contributed by atoms with van der Waals surface area (Å²) < 4.78 is 5.76. The molecule has 3 nitrogen and oxygen atoms in total. The molecule has 0 aliphatic rings. The quantitative estimate of drug-likeness (QED) is 0.538. The van der Waals surface area contributed by atoms with E-state index in [1.54, 1.807) is 24.4 Å². The lowest BCUT2D eigenvalue weighted by atomic mass is 10.1. The minimum Gasteiger partial charge on any atom is -0.455 e. The number of carbonyl (C=O) groups is 1. The zero-order valence-corrected chi connectivity index (χ0v) is 11.1. The molecule has 0 bridgehead atoms. The molecule has 0 atom stereocenters. The Balaban J connectivity index is 2.08. The van der Waals surface area contributed by atoms with Crippen LogP contribution in [-0.2, 0) is 0 Å². The number of hydrogen-bond acceptors (Lipinski definition) is 3. The SMILES string of the molecule is C#Cc1cccc(Oc2cnc3ccccc3c2C=O)c1. The van der Waals surface area contributed by atoms with Gasteiger partial charge in [0, 0.05) is 10.9 Å². The van der Waals surface area contributed by atoms with Gasteiger partial charge in [-0.05, 0) is 24.3 Å². The van der Waals surface area contributed by atoms with Gasteiger partial charge < -0.3 is 4.74 Å². The van der Waals surface area contributed by atoms with E-state index in [9.17, 15) is 4.79 Å². The molecular formula is C18H11NO2. The number of nitrogens with zero attached hydrogens (tertiary/aromatic N) is 1. The van der Waals surface area contributed by atoms with Crippen molar-refractivity contribution in [2.45, 2.75) is 0 Å². The highest BCUT2D eigenvalue weighted by Crippen LogP contribution is 2.29. The molecule has 21 heavy (non-hydrogen) atoms. The second kappa shape index (κ2) is 5.48. The van der Waals surface area contributed by atoms with E-state index in [0.29, 0.717) is 22.6 Å². The molecule has 0 N–H and O–H groups in total. The molecule has 0 amide bonds. The van der Waals surface area contributed by atoms with Crippen molar-refractivity contribution in [3.05, 3.63) is 65.9 Å². The van der Waals surface area contributed by atoms with Gasteiger partial charge in [-0.3, -0.25) is 9.78 Å². The van der Waals surface area contributed by atoms with Crippen LogP contribution in [-0.4, -0.2) is 11.3 Å². The molecule has 0 aliphatic carbocycles. The van der Waals surface area contributed by atoms with Gasteiger partial charge in [-0.25, -0.2) is 0 Å². The predicted molar refractivity (Wildman–Crippen MR) is 81.6 cm³/mol. The van der Waals surface area contributed by atoms with E-state index in [4.69, 9.17) is 11.2 Å². The molecule has 0 saturated heterocycles. The molecule has 100 valence electrons. The van der Waals surface area contributed by atoms with Gasteiger partial charge >= 0.3 is 0 Å². The monoisotopic (exact) mass is 273 g/mol. The van der Waals surface area contributed by atoms with E-state index in [1.165, 1.54) is 0 Å². The summed E-state index contributed by atoms with van der Waals surface area (Å²) in [6.07, 6.45) is 7.70. The maximum absolute atomic E-state index is 11.4. The molecular weight excluding hydrogens is 262 g/mol.